The van der Waals surface area contributed by atoms with Gasteiger partial charge in [0.2, 0.25) is 0 Å². The first-order chi connectivity index (χ1) is 16.3. The van der Waals surface area contributed by atoms with E-state index >= 15 is 0 Å². The van der Waals surface area contributed by atoms with E-state index in [9.17, 15) is 27.2 Å². The number of ether oxygens (including phenoxy) is 2. The molecule has 0 radical (unpaired) electrons. The Balaban J connectivity index is 1.68. The Bertz CT molecular complexity index is 1160. The standard InChI is InChI=1S/C25H21F4NO4/c1-2-15-8-9-20(30-25-23(28)18(26)12-19(27)24(25)29)17(10-15)11-21(31)34-14-22(32)33-13-16-6-4-3-5-7-16/h3-10,12,30H,2,11,13-14H2,1H3. The Kier molecular flexibility index (Phi) is 8.24. The molecule has 0 saturated carbocycles. The summed E-state index contributed by atoms with van der Waals surface area (Å²) in [4.78, 5) is 24.2. The molecule has 34 heavy (non-hydrogen) atoms. The Morgan fingerprint density at radius 3 is 2.15 bits per heavy atom. The molecule has 1 N–H and O–H groups in total. The van der Waals surface area contributed by atoms with Crippen LogP contribution in [0.25, 0.3) is 0 Å². The summed E-state index contributed by atoms with van der Waals surface area (Å²) in [5, 5.41) is 2.32. The van der Waals surface area contributed by atoms with Crippen molar-refractivity contribution in [2.45, 2.75) is 26.4 Å². The number of nitrogens with one attached hydrogen (secondary N) is 1. The highest BCUT2D eigenvalue weighted by molar-refractivity contribution is 5.80. The van der Waals surface area contributed by atoms with Gasteiger partial charge in [-0.25, -0.2) is 22.4 Å². The van der Waals surface area contributed by atoms with Gasteiger partial charge in [-0.15, -0.1) is 0 Å². The third kappa shape index (κ3) is 6.34. The number of halogens is 4. The lowest BCUT2D eigenvalue weighted by atomic mass is 10.0. The number of benzene rings is 3. The highest BCUT2D eigenvalue weighted by atomic mass is 19.2. The summed E-state index contributed by atoms with van der Waals surface area (Å²) in [5.74, 6) is -7.90. The second-order valence-electron chi connectivity index (χ2n) is 7.30. The second kappa shape index (κ2) is 11.3. The van der Waals surface area contributed by atoms with E-state index in [0.29, 0.717) is 6.42 Å². The Hall–Kier alpha value is -3.88. The van der Waals surface area contributed by atoms with Gasteiger partial charge in [0.1, 0.15) is 12.3 Å². The predicted octanol–water partition coefficient (Wildman–Crippen LogP) is 5.38. The molecule has 0 aliphatic rings. The average molecular weight is 475 g/mol. The first-order valence-electron chi connectivity index (χ1n) is 10.4. The van der Waals surface area contributed by atoms with Crippen molar-refractivity contribution in [2.24, 2.45) is 0 Å². The van der Waals surface area contributed by atoms with Gasteiger partial charge in [-0.1, -0.05) is 49.4 Å². The summed E-state index contributed by atoms with van der Waals surface area (Å²) in [6, 6.07) is 13.7. The second-order valence-corrected chi connectivity index (χ2v) is 7.30. The predicted molar refractivity (Wildman–Crippen MR) is 116 cm³/mol. The molecular weight excluding hydrogens is 454 g/mol. The molecule has 0 fully saturated rings. The summed E-state index contributed by atoms with van der Waals surface area (Å²) >= 11 is 0. The maximum absolute atomic E-state index is 14.1. The minimum atomic E-state index is -1.60. The molecule has 5 nitrogen and oxygen atoms in total. The summed E-state index contributed by atoms with van der Waals surface area (Å²) in [5.41, 5.74) is 0.833. The Morgan fingerprint density at radius 2 is 1.50 bits per heavy atom. The zero-order valence-corrected chi connectivity index (χ0v) is 18.2. The molecule has 3 aromatic rings. The molecule has 0 unspecified atom stereocenters. The van der Waals surface area contributed by atoms with Crippen LogP contribution in [-0.4, -0.2) is 18.5 Å². The smallest absolute Gasteiger partial charge is 0.344 e. The first-order valence-corrected chi connectivity index (χ1v) is 10.4. The van der Waals surface area contributed by atoms with Crippen molar-refractivity contribution < 1.29 is 36.6 Å². The number of esters is 2. The van der Waals surface area contributed by atoms with Gasteiger partial charge < -0.3 is 14.8 Å². The molecule has 3 rings (SSSR count). The number of rotatable bonds is 9. The van der Waals surface area contributed by atoms with Crippen LogP contribution in [0.2, 0.25) is 0 Å². The number of aryl methyl sites for hydroxylation is 1. The summed E-state index contributed by atoms with van der Waals surface area (Å²) in [7, 11) is 0. The van der Waals surface area contributed by atoms with Gasteiger partial charge in [-0.05, 0) is 29.2 Å². The van der Waals surface area contributed by atoms with Crippen molar-refractivity contribution in [1.82, 2.24) is 0 Å². The van der Waals surface area contributed by atoms with Crippen LogP contribution in [-0.2, 0) is 38.5 Å². The van der Waals surface area contributed by atoms with E-state index < -0.39 is 47.5 Å². The van der Waals surface area contributed by atoms with E-state index in [1.165, 1.54) is 6.07 Å². The topological polar surface area (TPSA) is 64.6 Å². The lowest BCUT2D eigenvalue weighted by molar-refractivity contribution is -0.159. The molecule has 9 heteroatoms. The normalized spacial score (nSPS) is 10.6. The monoisotopic (exact) mass is 475 g/mol. The van der Waals surface area contributed by atoms with Crippen LogP contribution in [0.5, 0.6) is 0 Å². The van der Waals surface area contributed by atoms with Gasteiger partial charge in [-0.3, -0.25) is 4.79 Å². The van der Waals surface area contributed by atoms with Gasteiger partial charge in [0.25, 0.3) is 0 Å². The Morgan fingerprint density at radius 1 is 0.824 bits per heavy atom. The number of hydrogen-bond donors (Lipinski definition) is 1. The van der Waals surface area contributed by atoms with E-state index in [4.69, 9.17) is 9.47 Å². The van der Waals surface area contributed by atoms with Crippen molar-refractivity contribution in [3.63, 3.8) is 0 Å². The molecule has 0 aromatic heterocycles. The van der Waals surface area contributed by atoms with Crippen LogP contribution < -0.4 is 5.32 Å². The highest BCUT2D eigenvalue weighted by Gasteiger charge is 2.21. The molecule has 3 aromatic carbocycles. The summed E-state index contributed by atoms with van der Waals surface area (Å²) in [6.07, 6.45) is 0.217. The largest absolute Gasteiger partial charge is 0.458 e. The molecule has 0 heterocycles. The minimum absolute atomic E-state index is 0.0190. The lowest BCUT2D eigenvalue weighted by Crippen LogP contribution is -2.18. The van der Waals surface area contributed by atoms with Crippen LogP contribution in [0.1, 0.15) is 23.6 Å². The third-order valence-corrected chi connectivity index (χ3v) is 4.88. The lowest BCUT2D eigenvalue weighted by Gasteiger charge is -2.15. The van der Waals surface area contributed by atoms with E-state index in [1.54, 1.807) is 36.4 Å². The number of carbonyl (C=O) groups is 2. The average Bonchev–Trinajstić information content (AvgIpc) is 2.84. The fourth-order valence-electron chi connectivity index (χ4n) is 3.08. The molecule has 0 aliphatic carbocycles. The van der Waals surface area contributed by atoms with E-state index in [-0.39, 0.29) is 30.3 Å². The zero-order chi connectivity index (χ0) is 24.7. The van der Waals surface area contributed by atoms with Crippen molar-refractivity contribution in [3.05, 3.63) is 94.6 Å². The van der Waals surface area contributed by atoms with E-state index in [1.807, 2.05) is 13.0 Å². The van der Waals surface area contributed by atoms with Crippen molar-refractivity contribution in [3.8, 4) is 0 Å². The minimum Gasteiger partial charge on any atom is -0.458 e. The molecule has 0 spiro atoms. The van der Waals surface area contributed by atoms with Crippen molar-refractivity contribution >= 4 is 23.3 Å². The maximum atomic E-state index is 14.1. The van der Waals surface area contributed by atoms with Crippen LogP contribution in [0.15, 0.2) is 54.6 Å². The highest BCUT2D eigenvalue weighted by Crippen LogP contribution is 2.30. The quantitative estimate of drug-likeness (QED) is 0.256. The summed E-state index contributed by atoms with van der Waals surface area (Å²) in [6.45, 7) is 1.25. The zero-order valence-electron chi connectivity index (χ0n) is 18.2. The fourth-order valence-corrected chi connectivity index (χ4v) is 3.08. The van der Waals surface area contributed by atoms with Crippen LogP contribution in [0.4, 0.5) is 28.9 Å². The first kappa shape index (κ1) is 24.8. The number of anilines is 2. The van der Waals surface area contributed by atoms with Crippen LogP contribution >= 0.6 is 0 Å². The van der Waals surface area contributed by atoms with Gasteiger partial charge in [0, 0.05) is 11.8 Å². The molecule has 0 saturated heterocycles. The SMILES string of the molecule is CCc1ccc(Nc2c(F)c(F)cc(F)c2F)c(CC(=O)OCC(=O)OCc2ccccc2)c1. The number of carbonyl (C=O) groups excluding carboxylic acids is 2. The third-order valence-electron chi connectivity index (χ3n) is 4.88. The van der Waals surface area contributed by atoms with Crippen LogP contribution in [0, 0.1) is 23.3 Å². The molecule has 0 aliphatic heterocycles. The fraction of sp³-hybridized carbons (Fsp3) is 0.200. The molecule has 0 atom stereocenters. The number of hydrogen-bond acceptors (Lipinski definition) is 5. The molecule has 178 valence electrons. The van der Waals surface area contributed by atoms with Crippen LogP contribution in [0.3, 0.4) is 0 Å². The van der Waals surface area contributed by atoms with Gasteiger partial charge in [0.15, 0.2) is 29.9 Å². The van der Waals surface area contributed by atoms with E-state index in [0.717, 1.165) is 11.1 Å². The molecule has 0 amide bonds. The Labute approximate surface area is 193 Å². The van der Waals surface area contributed by atoms with Gasteiger partial charge in [0.05, 0.1) is 6.42 Å². The molecule has 0 bridgehead atoms. The summed E-state index contributed by atoms with van der Waals surface area (Å²) < 4.78 is 65.3. The molecular formula is C25H21F4NO4. The van der Waals surface area contributed by atoms with E-state index in [2.05, 4.69) is 5.32 Å². The van der Waals surface area contributed by atoms with Gasteiger partial charge >= 0.3 is 11.9 Å². The van der Waals surface area contributed by atoms with Gasteiger partial charge in [-0.2, -0.15) is 0 Å². The van der Waals surface area contributed by atoms with Crippen molar-refractivity contribution in [1.29, 1.82) is 0 Å². The van der Waals surface area contributed by atoms with Crippen molar-refractivity contribution in [2.75, 3.05) is 11.9 Å². The maximum Gasteiger partial charge on any atom is 0.344 e.